The lowest BCUT2D eigenvalue weighted by molar-refractivity contribution is 0.669. The van der Waals surface area contributed by atoms with E-state index in [-0.39, 0.29) is 0 Å². The SMILES string of the molecule is c1ccc([Si](c2ccccc2)(c2ccc(-n3c4ccccc4c4cnccc43)cc2)c2cccc(-n3c4ccccc4c4cc5c(cc43)oc3ccccc35)c2)cc1. The van der Waals surface area contributed by atoms with Gasteiger partial charge < -0.3 is 13.6 Å². The Morgan fingerprint density at radius 3 is 1.64 bits per heavy atom. The Morgan fingerprint density at radius 2 is 0.914 bits per heavy atom. The first-order chi connectivity index (χ1) is 28.8. The van der Waals surface area contributed by atoms with Crippen molar-refractivity contribution in [1.82, 2.24) is 14.1 Å². The minimum absolute atomic E-state index is 0.894. The average molecular weight is 758 g/mol. The first-order valence-electron chi connectivity index (χ1n) is 19.8. The molecule has 0 bridgehead atoms. The van der Waals surface area contributed by atoms with Crippen LogP contribution in [0.1, 0.15) is 0 Å². The number of hydrogen-bond donors (Lipinski definition) is 0. The Hall–Kier alpha value is -7.47. The van der Waals surface area contributed by atoms with E-state index in [1.165, 1.54) is 47.9 Å². The summed E-state index contributed by atoms with van der Waals surface area (Å²) in [4.78, 5) is 4.48. The second-order valence-corrected chi connectivity index (χ2v) is 19.0. The normalized spacial score (nSPS) is 12.1. The molecular formula is C53H35N3OSi. The number of hydrogen-bond acceptors (Lipinski definition) is 2. The zero-order valence-corrected chi connectivity index (χ0v) is 32.5. The van der Waals surface area contributed by atoms with E-state index in [1.807, 2.05) is 18.5 Å². The van der Waals surface area contributed by atoms with Crippen LogP contribution in [0.4, 0.5) is 0 Å². The molecule has 0 aliphatic carbocycles. The highest BCUT2D eigenvalue weighted by Gasteiger charge is 2.41. The number of aromatic nitrogens is 3. The van der Waals surface area contributed by atoms with E-state index in [1.54, 1.807) is 0 Å². The van der Waals surface area contributed by atoms with Crippen molar-refractivity contribution in [2.75, 3.05) is 0 Å². The van der Waals surface area contributed by atoms with Crippen LogP contribution in [0, 0.1) is 0 Å². The fourth-order valence-electron chi connectivity index (χ4n) is 9.67. The van der Waals surface area contributed by atoms with Gasteiger partial charge in [0.2, 0.25) is 0 Å². The summed E-state index contributed by atoms with van der Waals surface area (Å²) >= 11 is 0. The van der Waals surface area contributed by atoms with Crippen LogP contribution in [0.15, 0.2) is 217 Å². The Kier molecular flexibility index (Phi) is 7.21. The topological polar surface area (TPSA) is 35.9 Å². The summed E-state index contributed by atoms with van der Waals surface area (Å²) < 4.78 is 11.3. The minimum atomic E-state index is -2.91. The van der Waals surface area contributed by atoms with Crippen molar-refractivity contribution in [2.24, 2.45) is 0 Å². The largest absolute Gasteiger partial charge is 0.456 e. The van der Waals surface area contributed by atoms with E-state index in [2.05, 4.69) is 208 Å². The molecule has 0 amide bonds. The van der Waals surface area contributed by atoms with E-state index in [0.29, 0.717) is 0 Å². The highest BCUT2D eigenvalue weighted by molar-refractivity contribution is 7.19. The molecule has 0 N–H and O–H groups in total. The quantitative estimate of drug-likeness (QED) is 0.125. The van der Waals surface area contributed by atoms with Crippen molar-refractivity contribution in [2.45, 2.75) is 0 Å². The van der Waals surface area contributed by atoms with Crippen molar-refractivity contribution in [3.63, 3.8) is 0 Å². The van der Waals surface area contributed by atoms with Crippen LogP contribution in [0.3, 0.4) is 0 Å². The van der Waals surface area contributed by atoms with E-state index < -0.39 is 8.07 Å². The molecule has 0 unspecified atom stereocenters. The van der Waals surface area contributed by atoms with Gasteiger partial charge in [0.1, 0.15) is 11.2 Å². The molecule has 58 heavy (non-hydrogen) atoms. The van der Waals surface area contributed by atoms with Crippen molar-refractivity contribution in [3.8, 4) is 11.4 Å². The first-order valence-corrected chi connectivity index (χ1v) is 21.8. The molecule has 12 aromatic rings. The van der Waals surface area contributed by atoms with Crippen LogP contribution < -0.4 is 20.7 Å². The molecule has 0 saturated heterocycles. The van der Waals surface area contributed by atoms with Crippen molar-refractivity contribution >= 4 is 94.4 Å². The third kappa shape index (κ3) is 4.71. The summed E-state index contributed by atoms with van der Waals surface area (Å²) in [5, 5.41) is 12.4. The van der Waals surface area contributed by atoms with Crippen molar-refractivity contribution in [1.29, 1.82) is 0 Å². The standard InChI is InChI=1S/C53H35N3OSi/c1-3-15-38(16-4-1)58(39-17-5-2-6-18-39,40-28-26-36(27-29-40)55-49-24-11-8-21-43(49)47-35-54-31-30-50(47)55)41-19-13-14-37(32-41)56-48-23-10-7-20-42(48)45-33-46-44-22-9-12-25-52(44)57-53(46)34-51(45)56/h1-35H. The number of para-hydroxylation sites is 3. The van der Waals surface area contributed by atoms with Gasteiger partial charge in [-0.3, -0.25) is 4.98 Å². The minimum Gasteiger partial charge on any atom is -0.456 e. The molecule has 272 valence electrons. The molecule has 0 atom stereocenters. The molecule has 4 aromatic heterocycles. The molecule has 5 heteroatoms. The van der Waals surface area contributed by atoms with Gasteiger partial charge in [0.25, 0.3) is 0 Å². The van der Waals surface area contributed by atoms with Crippen molar-refractivity contribution in [3.05, 3.63) is 213 Å². The molecule has 0 aliphatic heterocycles. The Morgan fingerprint density at radius 1 is 0.345 bits per heavy atom. The molecule has 0 aliphatic rings. The molecule has 0 radical (unpaired) electrons. The number of furan rings is 1. The van der Waals surface area contributed by atoms with Gasteiger partial charge in [-0.2, -0.15) is 0 Å². The van der Waals surface area contributed by atoms with Crippen LogP contribution in [0.25, 0.3) is 76.9 Å². The number of nitrogens with zero attached hydrogens (tertiary/aromatic N) is 3. The number of pyridine rings is 1. The van der Waals surface area contributed by atoms with Crippen LogP contribution >= 0.6 is 0 Å². The molecule has 0 fully saturated rings. The molecule has 4 heterocycles. The van der Waals surface area contributed by atoms with Crippen LogP contribution in [-0.2, 0) is 0 Å². The molecule has 12 rings (SSSR count). The Balaban J connectivity index is 1.11. The second kappa shape index (κ2) is 12.8. The Bertz CT molecular complexity index is 3420. The van der Waals surface area contributed by atoms with Gasteiger partial charge in [0, 0.05) is 62.2 Å². The Labute approximate surface area is 335 Å². The second-order valence-electron chi connectivity index (χ2n) is 15.1. The predicted octanol–water partition coefficient (Wildman–Crippen LogP) is 10.6. The predicted molar refractivity (Wildman–Crippen MR) is 244 cm³/mol. The maximum Gasteiger partial charge on any atom is 0.179 e. The van der Waals surface area contributed by atoms with Gasteiger partial charge in [0.05, 0.1) is 22.1 Å². The fourth-order valence-corrected chi connectivity index (χ4v) is 14.4. The maximum atomic E-state index is 6.47. The van der Waals surface area contributed by atoms with E-state index >= 15 is 0 Å². The van der Waals surface area contributed by atoms with Gasteiger partial charge in [-0.05, 0) is 75.3 Å². The van der Waals surface area contributed by atoms with Crippen LogP contribution in [0.5, 0.6) is 0 Å². The van der Waals surface area contributed by atoms with Gasteiger partial charge in [-0.25, -0.2) is 0 Å². The van der Waals surface area contributed by atoms with E-state index in [4.69, 9.17) is 4.42 Å². The number of fused-ring (bicyclic) bond motifs is 9. The van der Waals surface area contributed by atoms with Crippen LogP contribution in [0.2, 0.25) is 0 Å². The fraction of sp³-hybridized carbons (Fsp3) is 0. The summed E-state index contributed by atoms with van der Waals surface area (Å²) in [6, 6.07) is 73.4. The molecular weight excluding hydrogens is 723 g/mol. The highest BCUT2D eigenvalue weighted by Crippen LogP contribution is 2.38. The van der Waals surface area contributed by atoms with E-state index in [9.17, 15) is 0 Å². The van der Waals surface area contributed by atoms with Crippen LogP contribution in [-0.4, -0.2) is 22.2 Å². The maximum absolute atomic E-state index is 6.47. The summed E-state index contributed by atoms with van der Waals surface area (Å²) in [7, 11) is -2.91. The summed E-state index contributed by atoms with van der Waals surface area (Å²) in [5.41, 5.74) is 8.67. The first kappa shape index (κ1) is 32.7. The van der Waals surface area contributed by atoms with Gasteiger partial charge in [-0.1, -0.05) is 140 Å². The zero-order valence-electron chi connectivity index (χ0n) is 31.5. The van der Waals surface area contributed by atoms with Gasteiger partial charge in [0.15, 0.2) is 8.07 Å². The third-order valence-corrected chi connectivity index (χ3v) is 16.9. The summed E-state index contributed by atoms with van der Waals surface area (Å²) in [5.74, 6) is 0. The smallest absolute Gasteiger partial charge is 0.179 e. The monoisotopic (exact) mass is 757 g/mol. The molecule has 0 spiro atoms. The molecule has 4 nitrogen and oxygen atoms in total. The van der Waals surface area contributed by atoms with Gasteiger partial charge >= 0.3 is 0 Å². The third-order valence-electron chi connectivity index (χ3n) is 12.2. The lowest BCUT2D eigenvalue weighted by Gasteiger charge is -2.35. The summed E-state index contributed by atoms with van der Waals surface area (Å²) in [6.07, 6.45) is 3.87. The van der Waals surface area contributed by atoms with E-state index in [0.717, 1.165) is 49.7 Å². The molecule has 8 aromatic carbocycles. The zero-order chi connectivity index (χ0) is 38.2. The van der Waals surface area contributed by atoms with Gasteiger partial charge in [-0.15, -0.1) is 0 Å². The highest BCUT2D eigenvalue weighted by atomic mass is 28.3. The molecule has 0 saturated carbocycles. The average Bonchev–Trinajstić information content (AvgIpc) is 3.94. The summed E-state index contributed by atoms with van der Waals surface area (Å²) in [6.45, 7) is 0. The van der Waals surface area contributed by atoms with Crippen molar-refractivity contribution < 1.29 is 4.42 Å². The number of benzene rings is 8. The lowest BCUT2D eigenvalue weighted by atomic mass is 10.1. The lowest BCUT2D eigenvalue weighted by Crippen LogP contribution is -2.74. The number of rotatable bonds is 6.